The zero-order chi connectivity index (χ0) is 25.7. The maximum Gasteiger partial charge on any atom is 0.307 e. The van der Waals surface area contributed by atoms with E-state index in [-0.39, 0.29) is 17.8 Å². The Kier molecular flexibility index (Phi) is 8.98. The summed E-state index contributed by atoms with van der Waals surface area (Å²) in [6.45, 7) is 4.46. The molecule has 198 valence electrons. The summed E-state index contributed by atoms with van der Waals surface area (Å²) in [5.41, 5.74) is 2.55. The molecule has 0 spiro atoms. The first-order valence-corrected chi connectivity index (χ1v) is 13.2. The number of carboxylic acids is 3. The van der Waals surface area contributed by atoms with Crippen molar-refractivity contribution in [3.05, 3.63) is 34.9 Å². The highest BCUT2D eigenvalue weighted by Gasteiger charge is 2.34. The molecule has 3 aliphatic rings. The normalized spacial score (nSPS) is 26.5. The molecule has 6 atom stereocenters. The van der Waals surface area contributed by atoms with Crippen LogP contribution in [0, 0.1) is 35.5 Å². The molecule has 0 radical (unpaired) electrons. The molecule has 4 rings (SSSR count). The van der Waals surface area contributed by atoms with Crippen molar-refractivity contribution in [1.29, 1.82) is 0 Å². The average Bonchev–Trinajstić information content (AvgIpc) is 3.62. The van der Waals surface area contributed by atoms with E-state index in [0.29, 0.717) is 38.9 Å². The van der Waals surface area contributed by atoms with E-state index in [1.54, 1.807) is 0 Å². The lowest BCUT2D eigenvalue weighted by atomic mass is 9.81. The monoisotopic (exact) mass is 501 g/mol. The van der Waals surface area contributed by atoms with Gasteiger partial charge >= 0.3 is 17.9 Å². The SMILES string of the molecule is O=C(O)[C@@H](Cc1cc(C[C@H](C(=O)O)[C@H]2CCNC2)cc(C[C@H](C(=O)O)[C@H]2CCNC2)c1)[C@H]1CCNC1. The minimum absolute atomic E-state index is 0.0438. The molecule has 0 saturated carbocycles. The lowest BCUT2D eigenvalue weighted by Gasteiger charge is -2.23. The summed E-state index contributed by atoms with van der Waals surface area (Å²) in [5.74, 6) is -3.94. The van der Waals surface area contributed by atoms with E-state index < -0.39 is 35.7 Å². The second-order valence-corrected chi connectivity index (χ2v) is 10.9. The molecule has 9 heteroatoms. The first-order valence-electron chi connectivity index (χ1n) is 13.2. The van der Waals surface area contributed by atoms with E-state index in [2.05, 4.69) is 16.0 Å². The molecular formula is C27H39N3O6. The molecule has 3 saturated heterocycles. The topological polar surface area (TPSA) is 148 Å². The second kappa shape index (κ2) is 12.2. The van der Waals surface area contributed by atoms with Crippen LogP contribution in [0.4, 0.5) is 0 Å². The van der Waals surface area contributed by atoms with Gasteiger partial charge in [-0.1, -0.05) is 18.2 Å². The van der Waals surface area contributed by atoms with Crippen LogP contribution in [0.3, 0.4) is 0 Å². The Balaban J connectivity index is 1.62. The molecular weight excluding hydrogens is 462 g/mol. The Morgan fingerprint density at radius 3 is 1.08 bits per heavy atom. The number of nitrogens with one attached hydrogen (secondary N) is 3. The zero-order valence-corrected chi connectivity index (χ0v) is 20.7. The molecule has 3 fully saturated rings. The van der Waals surface area contributed by atoms with Crippen LogP contribution in [-0.2, 0) is 33.6 Å². The van der Waals surface area contributed by atoms with Gasteiger partial charge in [0.2, 0.25) is 0 Å². The van der Waals surface area contributed by atoms with Crippen molar-refractivity contribution in [2.45, 2.75) is 38.5 Å². The van der Waals surface area contributed by atoms with Crippen LogP contribution in [-0.4, -0.2) is 72.5 Å². The van der Waals surface area contributed by atoms with Crippen LogP contribution in [0.5, 0.6) is 0 Å². The molecule has 0 unspecified atom stereocenters. The first-order chi connectivity index (χ1) is 17.3. The molecule has 0 aromatic heterocycles. The fourth-order valence-electron chi connectivity index (χ4n) is 6.38. The van der Waals surface area contributed by atoms with Gasteiger partial charge in [-0.2, -0.15) is 0 Å². The third-order valence-electron chi connectivity index (χ3n) is 8.43. The summed E-state index contributed by atoms with van der Waals surface area (Å²) < 4.78 is 0. The van der Waals surface area contributed by atoms with Gasteiger partial charge in [0, 0.05) is 0 Å². The summed E-state index contributed by atoms with van der Waals surface area (Å²) >= 11 is 0. The maximum atomic E-state index is 12.1. The summed E-state index contributed by atoms with van der Waals surface area (Å²) in [6, 6.07) is 5.85. The average molecular weight is 502 g/mol. The molecule has 6 N–H and O–H groups in total. The summed E-state index contributed by atoms with van der Waals surface area (Å²) in [7, 11) is 0. The lowest BCUT2D eigenvalue weighted by molar-refractivity contribution is -0.144. The van der Waals surface area contributed by atoms with Crippen molar-refractivity contribution in [3.8, 4) is 0 Å². The summed E-state index contributed by atoms with van der Waals surface area (Å²) in [6.07, 6.45) is 3.51. The smallest absolute Gasteiger partial charge is 0.307 e. The molecule has 1 aromatic rings. The molecule has 0 bridgehead atoms. The fourth-order valence-corrected chi connectivity index (χ4v) is 6.38. The highest BCUT2D eigenvalue weighted by atomic mass is 16.4. The largest absolute Gasteiger partial charge is 0.481 e. The number of hydrogen-bond donors (Lipinski definition) is 6. The minimum atomic E-state index is -0.823. The maximum absolute atomic E-state index is 12.1. The molecule has 9 nitrogen and oxygen atoms in total. The van der Waals surface area contributed by atoms with Gasteiger partial charge in [0.1, 0.15) is 0 Å². The number of aliphatic carboxylic acids is 3. The second-order valence-electron chi connectivity index (χ2n) is 10.9. The van der Waals surface area contributed by atoms with Crippen molar-refractivity contribution in [2.24, 2.45) is 35.5 Å². The van der Waals surface area contributed by atoms with Gasteiger partial charge in [-0.25, -0.2) is 0 Å². The van der Waals surface area contributed by atoms with Crippen molar-refractivity contribution in [2.75, 3.05) is 39.3 Å². The van der Waals surface area contributed by atoms with E-state index in [9.17, 15) is 29.7 Å². The molecule has 3 heterocycles. The predicted octanol–water partition coefficient (Wildman–Crippen LogP) is 1.25. The third-order valence-corrected chi connectivity index (χ3v) is 8.43. The van der Waals surface area contributed by atoms with Crippen LogP contribution >= 0.6 is 0 Å². The van der Waals surface area contributed by atoms with Gasteiger partial charge in [-0.15, -0.1) is 0 Å². The standard InChI is InChI=1S/C27H39N3O6/c31-25(32)22(19-1-4-28-13-19)10-16-7-17(11-23(26(33)34)20-2-5-29-14-20)9-18(8-16)12-24(27(35)36)21-3-6-30-15-21/h7-9,19-24,28-30H,1-6,10-15H2,(H,31,32)(H,33,34)(H,35,36)/t19-,20-,21-,22-,23-,24-/m0/s1. The summed E-state index contributed by atoms with van der Waals surface area (Å²) in [5, 5.41) is 39.6. The third kappa shape index (κ3) is 6.63. The Morgan fingerprint density at radius 1 is 0.611 bits per heavy atom. The van der Waals surface area contributed by atoms with Crippen LogP contribution in [0.25, 0.3) is 0 Å². The Hall–Kier alpha value is -2.49. The van der Waals surface area contributed by atoms with Gasteiger partial charge in [0.05, 0.1) is 17.8 Å². The van der Waals surface area contributed by atoms with Gasteiger partial charge in [-0.05, 0) is 112 Å². The van der Waals surface area contributed by atoms with E-state index in [1.807, 2.05) is 18.2 Å². The fraction of sp³-hybridized carbons (Fsp3) is 0.667. The van der Waals surface area contributed by atoms with Gasteiger partial charge < -0.3 is 31.3 Å². The number of benzene rings is 1. The first kappa shape index (κ1) is 26.6. The highest BCUT2D eigenvalue weighted by Crippen LogP contribution is 2.30. The van der Waals surface area contributed by atoms with E-state index in [4.69, 9.17) is 0 Å². The Labute approximate surface area is 212 Å². The molecule has 36 heavy (non-hydrogen) atoms. The Bertz CT molecular complexity index is 804. The van der Waals surface area contributed by atoms with Gasteiger partial charge in [0.15, 0.2) is 0 Å². The van der Waals surface area contributed by atoms with Gasteiger partial charge in [-0.3, -0.25) is 14.4 Å². The highest BCUT2D eigenvalue weighted by molar-refractivity contribution is 5.72. The molecule has 3 aliphatic heterocycles. The van der Waals surface area contributed by atoms with Gasteiger partial charge in [0.25, 0.3) is 0 Å². The Morgan fingerprint density at radius 2 is 0.889 bits per heavy atom. The minimum Gasteiger partial charge on any atom is -0.481 e. The zero-order valence-electron chi connectivity index (χ0n) is 20.7. The van der Waals surface area contributed by atoms with Crippen molar-refractivity contribution >= 4 is 17.9 Å². The van der Waals surface area contributed by atoms with E-state index >= 15 is 0 Å². The number of hydrogen-bond acceptors (Lipinski definition) is 6. The van der Waals surface area contributed by atoms with Crippen molar-refractivity contribution < 1.29 is 29.7 Å². The predicted molar refractivity (Wildman–Crippen MR) is 134 cm³/mol. The van der Waals surface area contributed by atoms with Crippen LogP contribution in [0.1, 0.15) is 36.0 Å². The number of carbonyl (C=O) groups is 3. The lowest BCUT2D eigenvalue weighted by Crippen LogP contribution is -2.29. The number of rotatable bonds is 12. The van der Waals surface area contributed by atoms with E-state index in [1.165, 1.54) is 0 Å². The van der Waals surface area contributed by atoms with Crippen LogP contribution in [0.2, 0.25) is 0 Å². The van der Waals surface area contributed by atoms with Crippen molar-refractivity contribution in [1.82, 2.24) is 16.0 Å². The van der Waals surface area contributed by atoms with Crippen LogP contribution < -0.4 is 16.0 Å². The summed E-state index contributed by atoms with van der Waals surface area (Å²) in [4.78, 5) is 36.4. The van der Waals surface area contributed by atoms with E-state index in [0.717, 1.165) is 55.6 Å². The quantitative estimate of drug-likeness (QED) is 0.249. The number of carboxylic acid groups (broad SMARTS) is 3. The van der Waals surface area contributed by atoms with Crippen LogP contribution in [0.15, 0.2) is 18.2 Å². The molecule has 0 amide bonds. The molecule has 0 aliphatic carbocycles. The van der Waals surface area contributed by atoms with Crippen molar-refractivity contribution in [3.63, 3.8) is 0 Å². The molecule has 1 aromatic carbocycles.